The van der Waals surface area contributed by atoms with E-state index < -0.39 is 0 Å². The predicted octanol–water partition coefficient (Wildman–Crippen LogP) is -0.00820. The van der Waals surface area contributed by atoms with Gasteiger partial charge in [0.2, 0.25) is 5.91 Å². The first-order chi connectivity index (χ1) is 7.69. The van der Waals surface area contributed by atoms with Gasteiger partial charge in [-0.05, 0) is 32.7 Å². The van der Waals surface area contributed by atoms with Crippen molar-refractivity contribution < 1.29 is 9.90 Å². The molecule has 16 heavy (non-hydrogen) atoms. The van der Waals surface area contributed by atoms with Crippen LogP contribution in [0.3, 0.4) is 0 Å². The maximum absolute atomic E-state index is 11.2. The van der Waals surface area contributed by atoms with Crippen LogP contribution in [0.1, 0.15) is 39.0 Å². The second-order valence-electron chi connectivity index (χ2n) is 4.52. The van der Waals surface area contributed by atoms with Gasteiger partial charge in [-0.1, -0.05) is 6.42 Å². The van der Waals surface area contributed by atoms with Crippen LogP contribution >= 0.6 is 0 Å². The van der Waals surface area contributed by atoms with Gasteiger partial charge in [0.1, 0.15) is 0 Å². The lowest BCUT2D eigenvalue weighted by molar-refractivity contribution is -0.122. The third-order valence-electron chi connectivity index (χ3n) is 3.34. The second kappa shape index (κ2) is 6.83. The number of carbonyl (C=O) groups is 1. The minimum atomic E-state index is -0.124. The molecular weight excluding hydrogens is 206 g/mol. The zero-order chi connectivity index (χ0) is 12.0. The Morgan fingerprint density at radius 3 is 3.00 bits per heavy atom. The summed E-state index contributed by atoms with van der Waals surface area (Å²) in [5.74, 6) is 4.96. The Kier molecular flexibility index (Phi) is 5.73. The Balaban J connectivity index is 2.49. The fraction of sp³-hybridized carbons (Fsp3) is 0.909. The number of nitrogens with two attached hydrogens (primary N) is 1. The fourth-order valence-corrected chi connectivity index (χ4v) is 2.51. The average Bonchev–Trinajstić information content (AvgIpc) is 2.30. The van der Waals surface area contributed by atoms with E-state index in [1.54, 1.807) is 0 Å². The lowest BCUT2D eigenvalue weighted by Gasteiger charge is -2.39. The number of amides is 1. The molecule has 1 rings (SSSR count). The first-order valence-corrected chi connectivity index (χ1v) is 6.05. The molecule has 0 aromatic heterocycles. The summed E-state index contributed by atoms with van der Waals surface area (Å²) < 4.78 is 0. The van der Waals surface area contributed by atoms with Gasteiger partial charge >= 0.3 is 0 Å². The SMILES string of the molecule is CC(CC(=O)NN)N1CCCCC1CCO. The van der Waals surface area contributed by atoms with E-state index in [-0.39, 0.29) is 18.6 Å². The summed E-state index contributed by atoms with van der Waals surface area (Å²) >= 11 is 0. The second-order valence-corrected chi connectivity index (χ2v) is 4.52. The van der Waals surface area contributed by atoms with E-state index in [9.17, 15) is 4.79 Å². The number of hydrogen-bond donors (Lipinski definition) is 3. The Morgan fingerprint density at radius 2 is 2.38 bits per heavy atom. The molecule has 1 amide bonds. The maximum atomic E-state index is 11.2. The van der Waals surface area contributed by atoms with E-state index in [1.807, 2.05) is 6.92 Å². The lowest BCUT2D eigenvalue weighted by atomic mass is 9.97. The normalized spacial score (nSPS) is 24.1. The van der Waals surface area contributed by atoms with Crippen LogP contribution in [0.4, 0.5) is 0 Å². The summed E-state index contributed by atoms with van der Waals surface area (Å²) in [6, 6.07) is 0.611. The summed E-state index contributed by atoms with van der Waals surface area (Å²) in [5.41, 5.74) is 2.17. The molecule has 1 aliphatic rings. The van der Waals surface area contributed by atoms with Crippen molar-refractivity contribution in [2.45, 2.75) is 51.1 Å². The highest BCUT2D eigenvalue weighted by atomic mass is 16.3. The Labute approximate surface area is 97.0 Å². The van der Waals surface area contributed by atoms with Crippen LogP contribution in [-0.2, 0) is 4.79 Å². The third kappa shape index (κ3) is 3.73. The van der Waals surface area contributed by atoms with Crippen LogP contribution in [0.25, 0.3) is 0 Å². The van der Waals surface area contributed by atoms with E-state index in [0.717, 1.165) is 19.4 Å². The van der Waals surface area contributed by atoms with Crippen molar-refractivity contribution in [1.82, 2.24) is 10.3 Å². The first-order valence-electron chi connectivity index (χ1n) is 6.05. The largest absolute Gasteiger partial charge is 0.396 e. The van der Waals surface area contributed by atoms with Gasteiger partial charge in [-0.15, -0.1) is 0 Å². The van der Waals surface area contributed by atoms with Gasteiger partial charge in [0.25, 0.3) is 0 Å². The molecule has 0 aliphatic carbocycles. The van der Waals surface area contributed by atoms with Crippen molar-refractivity contribution in [3.8, 4) is 0 Å². The van der Waals surface area contributed by atoms with E-state index in [1.165, 1.54) is 12.8 Å². The highest BCUT2D eigenvalue weighted by Crippen LogP contribution is 2.22. The number of hydrazine groups is 1. The van der Waals surface area contributed by atoms with Gasteiger partial charge in [-0.25, -0.2) is 5.84 Å². The molecule has 1 saturated heterocycles. The average molecular weight is 229 g/mol. The van der Waals surface area contributed by atoms with Gasteiger partial charge < -0.3 is 5.11 Å². The van der Waals surface area contributed by atoms with E-state index in [4.69, 9.17) is 10.9 Å². The number of rotatable bonds is 5. The van der Waals surface area contributed by atoms with E-state index in [2.05, 4.69) is 10.3 Å². The molecule has 94 valence electrons. The summed E-state index contributed by atoms with van der Waals surface area (Å²) in [4.78, 5) is 13.5. The summed E-state index contributed by atoms with van der Waals surface area (Å²) in [6.45, 7) is 3.28. The molecule has 0 aromatic rings. The summed E-state index contributed by atoms with van der Waals surface area (Å²) in [5, 5.41) is 9.02. The minimum Gasteiger partial charge on any atom is -0.396 e. The number of carbonyl (C=O) groups excluding carboxylic acids is 1. The fourth-order valence-electron chi connectivity index (χ4n) is 2.51. The van der Waals surface area contributed by atoms with Crippen LogP contribution in [0.2, 0.25) is 0 Å². The number of nitrogens with zero attached hydrogens (tertiary/aromatic N) is 1. The monoisotopic (exact) mass is 229 g/mol. The zero-order valence-electron chi connectivity index (χ0n) is 9.98. The Hall–Kier alpha value is -0.650. The smallest absolute Gasteiger partial charge is 0.235 e. The molecular formula is C11H23N3O2. The van der Waals surface area contributed by atoms with E-state index in [0.29, 0.717) is 12.5 Å². The Bertz CT molecular complexity index is 221. The van der Waals surface area contributed by atoms with Crippen molar-refractivity contribution in [3.05, 3.63) is 0 Å². The van der Waals surface area contributed by atoms with Gasteiger partial charge in [0, 0.05) is 25.1 Å². The molecule has 0 bridgehead atoms. The van der Waals surface area contributed by atoms with Crippen LogP contribution in [-0.4, -0.2) is 41.1 Å². The summed E-state index contributed by atoms with van der Waals surface area (Å²) in [6.07, 6.45) is 4.75. The highest BCUT2D eigenvalue weighted by Gasteiger charge is 2.26. The molecule has 1 heterocycles. The van der Waals surface area contributed by atoms with Gasteiger partial charge in [-0.2, -0.15) is 0 Å². The van der Waals surface area contributed by atoms with Crippen LogP contribution < -0.4 is 11.3 Å². The van der Waals surface area contributed by atoms with Crippen molar-refractivity contribution in [1.29, 1.82) is 0 Å². The topological polar surface area (TPSA) is 78.6 Å². The molecule has 5 heteroatoms. The Morgan fingerprint density at radius 1 is 1.62 bits per heavy atom. The molecule has 5 nitrogen and oxygen atoms in total. The van der Waals surface area contributed by atoms with Gasteiger partial charge in [0.05, 0.1) is 0 Å². The first kappa shape index (κ1) is 13.4. The lowest BCUT2D eigenvalue weighted by Crippen LogP contribution is -2.47. The highest BCUT2D eigenvalue weighted by molar-refractivity contribution is 5.75. The van der Waals surface area contributed by atoms with Crippen LogP contribution in [0, 0.1) is 0 Å². The molecule has 1 aliphatic heterocycles. The number of piperidine rings is 1. The molecule has 0 radical (unpaired) electrons. The number of aliphatic hydroxyl groups is 1. The van der Waals surface area contributed by atoms with Crippen molar-refractivity contribution >= 4 is 5.91 Å². The molecule has 0 spiro atoms. The van der Waals surface area contributed by atoms with Gasteiger partial charge in [-0.3, -0.25) is 15.1 Å². The van der Waals surface area contributed by atoms with Crippen molar-refractivity contribution in [2.24, 2.45) is 5.84 Å². The van der Waals surface area contributed by atoms with Crippen LogP contribution in [0.5, 0.6) is 0 Å². The number of aliphatic hydroxyl groups excluding tert-OH is 1. The standard InChI is InChI=1S/C11H23N3O2/c1-9(8-11(16)13-12)14-6-3-2-4-10(14)5-7-15/h9-10,15H,2-8,12H2,1H3,(H,13,16). The maximum Gasteiger partial charge on any atom is 0.235 e. The molecule has 0 saturated carbocycles. The number of hydrogen-bond acceptors (Lipinski definition) is 4. The third-order valence-corrected chi connectivity index (χ3v) is 3.34. The number of nitrogens with one attached hydrogen (secondary N) is 1. The minimum absolute atomic E-state index is 0.124. The zero-order valence-corrected chi connectivity index (χ0v) is 9.98. The van der Waals surface area contributed by atoms with Gasteiger partial charge in [0.15, 0.2) is 0 Å². The van der Waals surface area contributed by atoms with Crippen molar-refractivity contribution in [3.63, 3.8) is 0 Å². The summed E-state index contributed by atoms with van der Waals surface area (Å²) in [7, 11) is 0. The predicted molar refractivity (Wildman–Crippen MR) is 62.5 cm³/mol. The quantitative estimate of drug-likeness (QED) is 0.352. The molecule has 0 aromatic carbocycles. The molecule has 1 fully saturated rings. The molecule has 4 N–H and O–H groups in total. The molecule has 2 unspecified atom stereocenters. The number of likely N-dealkylation sites (tertiary alicyclic amines) is 1. The van der Waals surface area contributed by atoms with Crippen molar-refractivity contribution in [2.75, 3.05) is 13.2 Å². The van der Waals surface area contributed by atoms with Crippen LogP contribution in [0.15, 0.2) is 0 Å². The van der Waals surface area contributed by atoms with E-state index >= 15 is 0 Å². The molecule has 2 atom stereocenters.